The van der Waals surface area contributed by atoms with Gasteiger partial charge in [-0.2, -0.15) is 5.10 Å². The van der Waals surface area contributed by atoms with Crippen molar-refractivity contribution in [1.82, 2.24) is 4.68 Å². The van der Waals surface area contributed by atoms with Gasteiger partial charge in [-0.3, -0.25) is 4.99 Å². The normalized spacial score (nSPS) is 12.0. The van der Waals surface area contributed by atoms with Crippen LogP contribution in [0.15, 0.2) is 94.3 Å². The molecule has 0 spiro atoms. The average molecular weight is 385 g/mol. The largest absolute Gasteiger partial charge is 0.508 e. The lowest BCUT2D eigenvalue weighted by molar-refractivity contribution is 0.475. The van der Waals surface area contributed by atoms with Crippen molar-refractivity contribution >= 4 is 17.6 Å². The summed E-state index contributed by atoms with van der Waals surface area (Å²) in [6, 6.07) is 25.7. The second-order valence-corrected chi connectivity index (χ2v) is 7.05. The summed E-state index contributed by atoms with van der Waals surface area (Å²) in [7, 11) is 1.76. The zero-order valence-electron chi connectivity index (χ0n) is 15.4. The van der Waals surface area contributed by atoms with Gasteiger partial charge in [0.1, 0.15) is 5.75 Å². The average Bonchev–Trinajstić information content (AvgIpc) is 3.17. The van der Waals surface area contributed by atoms with Crippen molar-refractivity contribution in [1.29, 1.82) is 0 Å². The standard InChI is InChI=1S/C23H19N3OS/c1-24-23-26(25-15-17-7-13-21(27)14-8-17)22(16-28-23)20-11-9-19(10-12-20)18-5-3-2-4-6-18/h2-16,27H,1H3. The zero-order chi connectivity index (χ0) is 19.3. The van der Waals surface area contributed by atoms with E-state index in [0.717, 1.165) is 21.6 Å². The van der Waals surface area contributed by atoms with E-state index < -0.39 is 0 Å². The van der Waals surface area contributed by atoms with E-state index in [1.165, 1.54) is 11.1 Å². The predicted octanol–water partition coefficient (Wildman–Crippen LogP) is 5.00. The molecule has 1 N–H and O–H groups in total. The lowest BCUT2D eigenvalue weighted by Crippen LogP contribution is -2.11. The summed E-state index contributed by atoms with van der Waals surface area (Å²) < 4.78 is 1.84. The highest BCUT2D eigenvalue weighted by molar-refractivity contribution is 7.07. The Morgan fingerprint density at radius 3 is 2.14 bits per heavy atom. The Hall–Kier alpha value is -3.44. The first-order chi connectivity index (χ1) is 13.7. The van der Waals surface area contributed by atoms with Gasteiger partial charge in [0, 0.05) is 18.0 Å². The molecule has 0 saturated carbocycles. The fourth-order valence-corrected chi connectivity index (χ4v) is 3.71. The first kappa shape index (κ1) is 17.9. The van der Waals surface area contributed by atoms with Crippen LogP contribution in [0.5, 0.6) is 5.75 Å². The molecular formula is C23H19N3OS. The number of rotatable bonds is 4. The minimum absolute atomic E-state index is 0.240. The zero-order valence-corrected chi connectivity index (χ0v) is 16.2. The third-order valence-corrected chi connectivity index (χ3v) is 5.29. The molecule has 0 unspecified atom stereocenters. The van der Waals surface area contributed by atoms with Gasteiger partial charge < -0.3 is 5.11 Å². The first-order valence-electron chi connectivity index (χ1n) is 8.87. The summed E-state index contributed by atoms with van der Waals surface area (Å²) in [5, 5.41) is 16.1. The van der Waals surface area contributed by atoms with E-state index >= 15 is 0 Å². The van der Waals surface area contributed by atoms with Crippen LogP contribution in [0.4, 0.5) is 0 Å². The molecular weight excluding hydrogens is 366 g/mol. The van der Waals surface area contributed by atoms with Gasteiger partial charge in [0.05, 0.1) is 11.9 Å². The second-order valence-electron chi connectivity index (χ2n) is 6.22. The van der Waals surface area contributed by atoms with Gasteiger partial charge in [-0.15, -0.1) is 11.3 Å². The quantitative estimate of drug-likeness (QED) is 0.494. The van der Waals surface area contributed by atoms with Crippen LogP contribution >= 0.6 is 11.3 Å². The van der Waals surface area contributed by atoms with E-state index in [2.05, 4.69) is 51.9 Å². The smallest absolute Gasteiger partial charge is 0.205 e. The maximum absolute atomic E-state index is 9.43. The fraction of sp³-hybridized carbons (Fsp3) is 0.0435. The van der Waals surface area contributed by atoms with Gasteiger partial charge in [-0.25, -0.2) is 4.68 Å². The molecule has 4 aromatic rings. The van der Waals surface area contributed by atoms with Crippen molar-refractivity contribution in [3.05, 3.63) is 94.6 Å². The third kappa shape index (κ3) is 3.80. The van der Waals surface area contributed by atoms with Gasteiger partial charge in [0.2, 0.25) is 4.80 Å². The molecule has 0 aliphatic heterocycles. The van der Waals surface area contributed by atoms with Gasteiger partial charge in [0.25, 0.3) is 0 Å². The number of thiazole rings is 1. The number of aromatic nitrogens is 1. The van der Waals surface area contributed by atoms with E-state index in [9.17, 15) is 5.11 Å². The molecule has 28 heavy (non-hydrogen) atoms. The van der Waals surface area contributed by atoms with Crippen molar-refractivity contribution in [2.75, 3.05) is 7.05 Å². The number of phenolic OH excluding ortho intramolecular Hbond substituents is 1. The fourth-order valence-electron chi connectivity index (χ4n) is 2.91. The molecule has 0 aliphatic rings. The van der Waals surface area contributed by atoms with Gasteiger partial charge >= 0.3 is 0 Å². The van der Waals surface area contributed by atoms with E-state index in [0.29, 0.717) is 0 Å². The maximum Gasteiger partial charge on any atom is 0.205 e. The van der Waals surface area contributed by atoms with Crippen LogP contribution in [-0.2, 0) is 0 Å². The molecule has 0 aliphatic carbocycles. The Bertz CT molecular complexity index is 1160. The van der Waals surface area contributed by atoms with Crippen LogP contribution in [0.25, 0.3) is 22.4 Å². The number of nitrogens with zero attached hydrogens (tertiary/aromatic N) is 3. The maximum atomic E-state index is 9.43. The minimum Gasteiger partial charge on any atom is -0.508 e. The Kier molecular flexibility index (Phi) is 5.17. The number of hydrogen-bond acceptors (Lipinski definition) is 4. The molecule has 5 heteroatoms. The second kappa shape index (κ2) is 8.06. The summed E-state index contributed by atoms with van der Waals surface area (Å²) in [6.45, 7) is 0. The van der Waals surface area contributed by atoms with Crippen LogP contribution in [0, 0.1) is 0 Å². The summed E-state index contributed by atoms with van der Waals surface area (Å²) in [5.41, 5.74) is 5.35. The first-order valence-corrected chi connectivity index (χ1v) is 9.75. The lowest BCUT2D eigenvalue weighted by Gasteiger charge is -2.06. The molecule has 0 radical (unpaired) electrons. The van der Waals surface area contributed by atoms with Crippen LogP contribution in [0.3, 0.4) is 0 Å². The molecule has 1 aromatic heterocycles. The lowest BCUT2D eigenvalue weighted by atomic mass is 10.0. The van der Waals surface area contributed by atoms with E-state index in [-0.39, 0.29) is 5.75 Å². The highest BCUT2D eigenvalue weighted by Crippen LogP contribution is 2.25. The molecule has 4 rings (SSSR count). The summed E-state index contributed by atoms with van der Waals surface area (Å²) in [6.07, 6.45) is 1.77. The Morgan fingerprint density at radius 2 is 1.46 bits per heavy atom. The summed E-state index contributed by atoms with van der Waals surface area (Å²) >= 11 is 1.55. The van der Waals surface area contributed by atoms with Crippen molar-refractivity contribution in [2.24, 2.45) is 10.1 Å². The van der Waals surface area contributed by atoms with Crippen LogP contribution in [0.2, 0.25) is 0 Å². The van der Waals surface area contributed by atoms with Crippen molar-refractivity contribution in [3.63, 3.8) is 0 Å². The molecule has 1 heterocycles. The highest BCUT2D eigenvalue weighted by Gasteiger charge is 2.07. The Morgan fingerprint density at radius 1 is 0.821 bits per heavy atom. The van der Waals surface area contributed by atoms with Crippen molar-refractivity contribution in [2.45, 2.75) is 0 Å². The Labute approximate surface area is 167 Å². The molecule has 0 atom stereocenters. The van der Waals surface area contributed by atoms with Crippen molar-refractivity contribution < 1.29 is 5.11 Å². The van der Waals surface area contributed by atoms with Crippen LogP contribution in [-0.4, -0.2) is 23.0 Å². The molecule has 138 valence electrons. The molecule has 0 saturated heterocycles. The van der Waals surface area contributed by atoms with E-state index in [4.69, 9.17) is 0 Å². The van der Waals surface area contributed by atoms with E-state index in [1.54, 1.807) is 36.7 Å². The predicted molar refractivity (Wildman–Crippen MR) is 116 cm³/mol. The summed E-state index contributed by atoms with van der Waals surface area (Å²) in [4.78, 5) is 5.15. The van der Waals surface area contributed by atoms with Crippen LogP contribution < -0.4 is 4.80 Å². The van der Waals surface area contributed by atoms with Gasteiger partial charge in [0.15, 0.2) is 0 Å². The number of hydrogen-bond donors (Lipinski definition) is 1. The molecule has 3 aromatic carbocycles. The molecule has 0 amide bonds. The van der Waals surface area contributed by atoms with Gasteiger partial charge in [-0.1, -0.05) is 54.6 Å². The minimum atomic E-state index is 0.240. The highest BCUT2D eigenvalue weighted by atomic mass is 32.1. The number of phenols is 1. The molecule has 0 fully saturated rings. The summed E-state index contributed by atoms with van der Waals surface area (Å²) in [5.74, 6) is 0.240. The van der Waals surface area contributed by atoms with Gasteiger partial charge in [-0.05, 0) is 41.0 Å². The Balaban J connectivity index is 1.69. The number of aromatic hydroxyl groups is 1. The molecule has 4 nitrogen and oxygen atoms in total. The monoisotopic (exact) mass is 385 g/mol. The van der Waals surface area contributed by atoms with Crippen LogP contribution in [0.1, 0.15) is 5.56 Å². The van der Waals surface area contributed by atoms with E-state index in [1.807, 2.05) is 35.0 Å². The topological polar surface area (TPSA) is 49.9 Å². The molecule has 0 bridgehead atoms. The SMILES string of the molecule is CN=c1scc(-c2ccc(-c3ccccc3)cc2)n1N=Cc1ccc(O)cc1. The number of benzene rings is 3. The third-order valence-electron chi connectivity index (χ3n) is 4.38. The van der Waals surface area contributed by atoms with Crippen molar-refractivity contribution in [3.8, 4) is 28.1 Å².